The highest BCUT2D eigenvalue weighted by Crippen LogP contribution is 2.47. The zero-order valence-electron chi connectivity index (χ0n) is 32.8. The Morgan fingerprint density at radius 1 is 0.317 bits per heavy atom. The maximum absolute atomic E-state index is 2.48. The number of nitrogens with zero attached hydrogens (tertiary/aromatic N) is 2. The zero-order valence-corrected chi connectivity index (χ0v) is 32.8. The topological polar surface area (TPSA) is 8.17 Å². The van der Waals surface area contributed by atoms with Gasteiger partial charge in [0.2, 0.25) is 0 Å². The van der Waals surface area contributed by atoms with Crippen LogP contribution >= 0.6 is 0 Å². The molecule has 0 aliphatic rings. The van der Waals surface area contributed by atoms with Crippen molar-refractivity contribution in [1.82, 2.24) is 4.57 Å². The summed E-state index contributed by atoms with van der Waals surface area (Å²) in [7, 11) is 0. The van der Waals surface area contributed by atoms with Crippen molar-refractivity contribution in [3.63, 3.8) is 0 Å². The molecule has 1 heterocycles. The van der Waals surface area contributed by atoms with Crippen molar-refractivity contribution >= 4 is 82.0 Å². The first-order chi connectivity index (χ1) is 29.8. The van der Waals surface area contributed by atoms with Crippen LogP contribution in [0.1, 0.15) is 0 Å². The lowest BCUT2D eigenvalue weighted by Crippen LogP contribution is -2.10. The molecule has 0 bridgehead atoms. The number of aromatic nitrogens is 1. The lowest BCUT2D eigenvalue weighted by molar-refractivity contribution is 1.18. The smallest absolute Gasteiger partial charge is 0.0625 e. The van der Waals surface area contributed by atoms with E-state index in [1.54, 1.807) is 0 Å². The maximum atomic E-state index is 2.48. The van der Waals surface area contributed by atoms with Crippen molar-refractivity contribution in [3.05, 3.63) is 231 Å². The van der Waals surface area contributed by atoms with Crippen molar-refractivity contribution in [2.45, 2.75) is 0 Å². The van der Waals surface area contributed by atoms with Crippen LogP contribution in [0.15, 0.2) is 231 Å². The number of fused-ring (bicyclic) bond motifs is 9. The van der Waals surface area contributed by atoms with Crippen molar-refractivity contribution in [1.29, 1.82) is 0 Å². The van der Waals surface area contributed by atoms with Gasteiger partial charge in [0.25, 0.3) is 0 Å². The first-order valence-electron chi connectivity index (χ1n) is 20.7. The molecule has 60 heavy (non-hydrogen) atoms. The van der Waals surface area contributed by atoms with Crippen LogP contribution < -0.4 is 4.90 Å². The third kappa shape index (κ3) is 5.50. The van der Waals surface area contributed by atoms with E-state index in [0.29, 0.717) is 0 Å². The van der Waals surface area contributed by atoms with E-state index in [0.717, 1.165) is 22.7 Å². The summed E-state index contributed by atoms with van der Waals surface area (Å²) in [6.07, 6.45) is 0. The molecule has 0 radical (unpaired) electrons. The van der Waals surface area contributed by atoms with Gasteiger partial charge in [0, 0.05) is 38.6 Å². The van der Waals surface area contributed by atoms with Crippen LogP contribution in [0.2, 0.25) is 0 Å². The van der Waals surface area contributed by atoms with E-state index in [1.165, 1.54) is 87.1 Å². The van der Waals surface area contributed by atoms with Crippen LogP contribution in [-0.2, 0) is 0 Å². The van der Waals surface area contributed by atoms with Crippen molar-refractivity contribution < 1.29 is 0 Å². The van der Waals surface area contributed by atoms with E-state index in [4.69, 9.17) is 0 Å². The average molecular weight is 763 g/mol. The van der Waals surface area contributed by atoms with Crippen LogP contribution in [0.5, 0.6) is 0 Å². The van der Waals surface area contributed by atoms with Gasteiger partial charge in [-0.25, -0.2) is 0 Å². The number of hydrogen-bond acceptors (Lipinski definition) is 1. The third-order valence-electron chi connectivity index (χ3n) is 12.3. The van der Waals surface area contributed by atoms with Gasteiger partial charge in [-0.15, -0.1) is 0 Å². The van der Waals surface area contributed by atoms with Crippen LogP contribution in [0, 0.1) is 0 Å². The first kappa shape index (κ1) is 34.1. The minimum atomic E-state index is 1.10. The van der Waals surface area contributed by atoms with Crippen LogP contribution in [-0.4, -0.2) is 4.57 Å². The van der Waals surface area contributed by atoms with E-state index in [1.807, 2.05) is 0 Å². The van der Waals surface area contributed by atoms with Crippen molar-refractivity contribution in [2.75, 3.05) is 4.90 Å². The highest BCUT2D eigenvalue weighted by atomic mass is 15.1. The Hall–Kier alpha value is -7.94. The number of hydrogen-bond donors (Lipinski definition) is 0. The van der Waals surface area contributed by atoms with Gasteiger partial charge in [0.1, 0.15) is 0 Å². The molecule has 0 saturated carbocycles. The standard InChI is InChI=1S/C58H38N2/c1-3-15-39(16-4-1)41-29-31-47(32-30-41)59(56-37-44-20-9-11-23-49(44)51-25-13-14-26-52(51)56)48-33-34-55-54(38-48)57-53(45-28-27-40-17-7-8-18-42(40)35-45)36-43-19-10-12-24-50(43)58(57)60(55)46-21-5-2-6-22-46/h1-38H. The van der Waals surface area contributed by atoms with Gasteiger partial charge in [0.05, 0.1) is 16.7 Å². The summed E-state index contributed by atoms with van der Waals surface area (Å²) >= 11 is 0. The average Bonchev–Trinajstić information content (AvgIpc) is 3.67. The zero-order chi connectivity index (χ0) is 39.6. The molecule has 2 nitrogen and oxygen atoms in total. The van der Waals surface area contributed by atoms with Gasteiger partial charge >= 0.3 is 0 Å². The molecule has 0 aliphatic heterocycles. The summed E-state index contributed by atoms with van der Waals surface area (Å²) in [5.74, 6) is 0. The molecule has 0 fully saturated rings. The van der Waals surface area contributed by atoms with Crippen molar-refractivity contribution in [2.24, 2.45) is 0 Å². The SMILES string of the molecule is c1ccc(-c2ccc(N(c3ccc4c(c3)c3c(-c5ccc6ccccc6c5)cc5ccccc5c3n4-c3ccccc3)c3cc4ccccc4c4ccccc34)cc2)cc1. The molecule has 0 N–H and O–H groups in total. The Morgan fingerprint density at radius 2 is 0.883 bits per heavy atom. The van der Waals surface area contributed by atoms with Gasteiger partial charge in [-0.05, 0) is 115 Å². The van der Waals surface area contributed by atoms with E-state index >= 15 is 0 Å². The van der Waals surface area contributed by atoms with E-state index < -0.39 is 0 Å². The Kier molecular flexibility index (Phi) is 7.89. The lowest BCUT2D eigenvalue weighted by Gasteiger charge is -2.28. The monoisotopic (exact) mass is 762 g/mol. The van der Waals surface area contributed by atoms with E-state index in [2.05, 4.69) is 240 Å². The summed E-state index contributed by atoms with van der Waals surface area (Å²) in [5, 5.41) is 12.3. The second kappa shape index (κ2) is 13.9. The van der Waals surface area contributed by atoms with Crippen LogP contribution in [0.4, 0.5) is 17.1 Å². The first-order valence-corrected chi connectivity index (χ1v) is 20.7. The number of para-hydroxylation sites is 1. The van der Waals surface area contributed by atoms with Gasteiger partial charge in [-0.3, -0.25) is 0 Å². The number of rotatable bonds is 6. The molecule has 0 amide bonds. The van der Waals surface area contributed by atoms with Gasteiger partial charge in [-0.2, -0.15) is 0 Å². The molecule has 2 heteroatoms. The summed E-state index contributed by atoms with van der Waals surface area (Å²) in [6, 6.07) is 84.4. The van der Waals surface area contributed by atoms with Crippen LogP contribution in [0.3, 0.4) is 0 Å². The molecule has 0 saturated heterocycles. The molecular formula is C58H38N2. The Labute approximate surface area is 348 Å². The molecule has 0 unspecified atom stereocenters. The largest absolute Gasteiger partial charge is 0.310 e. The van der Waals surface area contributed by atoms with Gasteiger partial charge < -0.3 is 9.47 Å². The summed E-state index contributed by atoms with van der Waals surface area (Å²) in [6.45, 7) is 0. The molecule has 0 spiro atoms. The predicted molar refractivity (Wildman–Crippen MR) is 256 cm³/mol. The molecule has 1 aromatic heterocycles. The predicted octanol–water partition coefficient (Wildman–Crippen LogP) is 16.2. The molecule has 11 aromatic carbocycles. The Bertz CT molecular complexity index is 3580. The Balaban J connectivity index is 1.19. The van der Waals surface area contributed by atoms with Gasteiger partial charge in [-0.1, -0.05) is 170 Å². The molecule has 0 aliphatic carbocycles. The maximum Gasteiger partial charge on any atom is 0.0625 e. The van der Waals surface area contributed by atoms with E-state index in [-0.39, 0.29) is 0 Å². The molecule has 0 atom stereocenters. The highest BCUT2D eigenvalue weighted by Gasteiger charge is 2.23. The highest BCUT2D eigenvalue weighted by molar-refractivity contribution is 6.25. The summed E-state index contributed by atoms with van der Waals surface area (Å²) in [4.78, 5) is 2.46. The fourth-order valence-electron chi connectivity index (χ4n) is 9.52. The molecular weight excluding hydrogens is 725 g/mol. The minimum absolute atomic E-state index is 1.10. The third-order valence-corrected chi connectivity index (χ3v) is 12.3. The fourth-order valence-corrected chi connectivity index (χ4v) is 9.52. The van der Waals surface area contributed by atoms with E-state index in [9.17, 15) is 0 Å². The molecule has 280 valence electrons. The quantitative estimate of drug-likeness (QED) is 0.153. The number of benzene rings is 11. The number of anilines is 3. The summed E-state index contributed by atoms with van der Waals surface area (Å²) in [5.41, 5.74) is 11.7. The Morgan fingerprint density at radius 3 is 1.65 bits per heavy atom. The second-order valence-corrected chi connectivity index (χ2v) is 15.7. The normalized spacial score (nSPS) is 11.7. The minimum Gasteiger partial charge on any atom is -0.310 e. The molecule has 12 rings (SSSR count). The molecule has 12 aromatic rings. The summed E-state index contributed by atoms with van der Waals surface area (Å²) < 4.78 is 2.48. The van der Waals surface area contributed by atoms with Crippen molar-refractivity contribution in [3.8, 4) is 27.9 Å². The lowest BCUT2D eigenvalue weighted by atomic mass is 9.93. The van der Waals surface area contributed by atoms with Crippen LogP contribution in [0.25, 0.3) is 92.8 Å². The second-order valence-electron chi connectivity index (χ2n) is 15.7. The van der Waals surface area contributed by atoms with Gasteiger partial charge in [0.15, 0.2) is 0 Å². The fraction of sp³-hybridized carbons (Fsp3) is 0.